The second-order valence-electron chi connectivity index (χ2n) is 14.9. The Morgan fingerprint density at radius 2 is 1.60 bits per heavy atom. The molecule has 1 saturated heterocycles. The number of nitrogens with one attached hydrogen (secondary N) is 6. The summed E-state index contributed by atoms with van der Waals surface area (Å²) >= 11 is 0. The van der Waals surface area contributed by atoms with E-state index in [-0.39, 0.29) is 35.9 Å². The van der Waals surface area contributed by atoms with Gasteiger partial charge in [0.15, 0.2) is 0 Å². The summed E-state index contributed by atoms with van der Waals surface area (Å²) in [6.07, 6.45) is 10.2. The van der Waals surface area contributed by atoms with Gasteiger partial charge in [0.1, 0.15) is 17.8 Å². The van der Waals surface area contributed by atoms with Crippen LogP contribution in [-0.4, -0.2) is 85.7 Å². The molecule has 0 radical (unpaired) electrons. The predicted octanol–water partition coefficient (Wildman–Crippen LogP) is 3.55. The number of carbonyl (C=O) groups is 5. The fourth-order valence-corrected chi connectivity index (χ4v) is 7.33. The molecule has 2 saturated carbocycles. The number of hydrogen-bond acceptors (Lipinski definition) is 7. The van der Waals surface area contributed by atoms with Crippen molar-refractivity contribution in [3.63, 3.8) is 0 Å². The molecule has 4 unspecified atom stereocenters. The van der Waals surface area contributed by atoms with Gasteiger partial charge in [-0.05, 0) is 63.4 Å². The average Bonchev–Trinajstić information content (AvgIpc) is 3.63. The van der Waals surface area contributed by atoms with Crippen molar-refractivity contribution in [2.45, 2.75) is 114 Å². The highest BCUT2D eigenvalue weighted by Gasteiger charge is 2.40. The molecule has 1 aromatic rings. The standard InChI is InChI=1S/C39H59N7O6/c1-25(35(48)41-24-32(47)43-33(36(49)40-5)28-17-9-7-10-18-28)30(23-27-15-13-16-27)42-26(2)31-21-14-22-46(31)37(50)34(29-19-11-8-12-20-29)44-38(51)45-39(3,4)52-6/h7,9-10,17-18,27,29-31,33-34,42H,1-2,8,11-16,19-24H2,3-6H3,(H,40,49)(H,41,48)(H,43,47)(H2,44,45,51). The maximum Gasteiger partial charge on any atom is 0.317 e. The lowest BCUT2D eigenvalue weighted by Gasteiger charge is -2.37. The molecule has 4 atom stereocenters. The number of likely N-dealkylation sites (N-methyl/N-ethyl adjacent to an activating group) is 1. The van der Waals surface area contributed by atoms with E-state index in [4.69, 9.17) is 4.74 Å². The number of carbonyl (C=O) groups excluding carboxylic acids is 5. The van der Waals surface area contributed by atoms with Crippen LogP contribution >= 0.6 is 0 Å². The molecule has 13 nitrogen and oxygen atoms in total. The van der Waals surface area contributed by atoms with Gasteiger partial charge in [0, 0.05) is 32.0 Å². The Bertz CT molecular complexity index is 1440. The maximum absolute atomic E-state index is 14.3. The Kier molecular flexibility index (Phi) is 14.7. The van der Waals surface area contributed by atoms with Crippen molar-refractivity contribution in [1.82, 2.24) is 36.8 Å². The molecule has 0 aromatic heterocycles. The summed E-state index contributed by atoms with van der Waals surface area (Å²) in [6, 6.07) is 6.03. The van der Waals surface area contributed by atoms with Gasteiger partial charge in [0.05, 0.1) is 18.6 Å². The van der Waals surface area contributed by atoms with E-state index in [0.717, 1.165) is 57.8 Å². The van der Waals surface area contributed by atoms with E-state index in [2.05, 4.69) is 45.1 Å². The van der Waals surface area contributed by atoms with Crippen LogP contribution in [0.3, 0.4) is 0 Å². The molecule has 0 bridgehead atoms. The molecular formula is C39H59N7O6. The van der Waals surface area contributed by atoms with E-state index >= 15 is 0 Å². The Morgan fingerprint density at radius 1 is 0.904 bits per heavy atom. The minimum Gasteiger partial charge on any atom is -0.380 e. The number of hydrogen-bond donors (Lipinski definition) is 6. The number of amides is 6. The first-order chi connectivity index (χ1) is 24.8. The first-order valence-corrected chi connectivity index (χ1v) is 18.8. The summed E-state index contributed by atoms with van der Waals surface area (Å²) in [4.78, 5) is 68.1. The van der Waals surface area contributed by atoms with Crippen LogP contribution in [0.1, 0.15) is 96.1 Å². The summed E-state index contributed by atoms with van der Waals surface area (Å²) in [6.45, 7) is 12.2. The fraction of sp³-hybridized carbons (Fsp3) is 0.615. The molecule has 1 aromatic carbocycles. The van der Waals surface area contributed by atoms with Crippen LogP contribution in [-0.2, 0) is 23.9 Å². The normalized spacial score (nSPS) is 19.6. The number of methoxy groups -OCH3 is 1. The van der Waals surface area contributed by atoms with Crippen LogP contribution in [0, 0.1) is 11.8 Å². The molecule has 286 valence electrons. The highest BCUT2D eigenvalue weighted by atomic mass is 16.5. The fourth-order valence-electron chi connectivity index (χ4n) is 7.33. The van der Waals surface area contributed by atoms with Gasteiger partial charge in [0.2, 0.25) is 23.6 Å². The average molecular weight is 722 g/mol. The van der Waals surface area contributed by atoms with E-state index in [1.54, 1.807) is 38.1 Å². The van der Waals surface area contributed by atoms with Crippen molar-refractivity contribution in [3.05, 3.63) is 60.3 Å². The highest BCUT2D eigenvalue weighted by Crippen LogP contribution is 2.34. The summed E-state index contributed by atoms with van der Waals surface area (Å²) in [5.74, 6) is -1.09. The number of rotatable bonds is 17. The van der Waals surface area contributed by atoms with Gasteiger partial charge in [-0.2, -0.15) is 0 Å². The molecule has 6 amide bonds. The molecule has 13 heteroatoms. The van der Waals surface area contributed by atoms with Crippen LogP contribution in [0.4, 0.5) is 4.79 Å². The maximum atomic E-state index is 14.3. The van der Waals surface area contributed by atoms with Crippen molar-refractivity contribution in [2.75, 3.05) is 27.2 Å². The predicted molar refractivity (Wildman–Crippen MR) is 199 cm³/mol. The van der Waals surface area contributed by atoms with Gasteiger partial charge in [-0.25, -0.2) is 4.79 Å². The lowest BCUT2D eigenvalue weighted by molar-refractivity contribution is -0.135. The topological polar surface area (TPSA) is 170 Å². The van der Waals surface area contributed by atoms with Crippen molar-refractivity contribution in [2.24, 2.45) is 11.8 Å². The Morgan fingerprint density at radius 3 is 2.21 bits per heavy atom. The van der Waals surface area contributed by atoms with Gasteiger partial charge in [-0.15, -0.1) is 0 Å². The van der Waals surface area contributed by atoms with Gasteiger partial charge in [-0.1, -0.05) is 82.0 Å². The number of nitrogens with zero attached hydrogens (tertiary/aromatic N) is 1. The van der Waals surface area contributed by atoms with Crippen LogP contribution in [0.2, 0.25) is 0 Å². The van der Waals surface area contributed by atoms with Crippen molar-refractivity contribution >= 4 is 29.7 Å². The third kappa shape index (κ3) is 11.1. The van der Waals surface area contributed by atoms with E-state index in [1.807, 2.05) is 11.0 Å². The van der Waals surface area contributed by atoms with Gasteiger partial charge < -0.3 is 41.5 Å². The van der Waals surface area contributed by atoms with Gasteiger partial charge in [-0.3, -0.25) is 19.2 Å². The second-order valence-corrected chi connectivity index (χ2v) is 14.9. The molecule has 6 N–H and O–H groups in total. The molecule has 1 aliphatic heterocycles. The smallest absolute Gasteiger partial charge is 0.317 e. The first-order valence-electron chi connectivity index (χ1n) is 18.8. The van der Waals surface area contributed by atoms with Crippen molar-refractivity contribution in [3.8, 4) is 0 Å². The Labute approximate surface area is 308 Å². The Balaban J connectivity index is 1.41. The lowest BCUT2D eigenvalue weighted by Crippen LogP contribution is -2.59. The zero-order valence-corrected chi connectivity index (χ0v) is 31.4. The molecular weight excluding hydrogens is 662 g/mol. The number of benzene rings is 1. The largest absolute Gasteiger partial charge is 0.380 e. The third-order valence-electron chi connectivity index (χ3n) is 10.8. The van der Waals surface area contributed by atoms with Gasteiger partial charge in [0.25, 0.3) is 0 Å². The Hall–Kier alpha value is -4.39. The summed E-state index contributed by atoms with van der Waals surface area (Å²) in [5, 5.41) is 17.2. The van der Waals surface area contributed by atoms with Crippen molar-refractivity contribution in [1.29, 1.82) is 0 Å². The quantitative estimate of drug-likeness (QED) is 0.106. The summed E-state index contributed by atoms with van der Waals surface area (Å²) in [7, 11) is 3.01. The minimum absolute atomic E-state index is 0.0199. The number of ether oxygens (including phenoxy) is 1. The van der Waals surface area contributed by atoms with Crippen LogP contribution < -0.4 is 31.9 Å². The highest BCUT2D eigenvalue weighted by molar-refractivity contribution is 5.97. The van der Waals surface area contributed by atoms with E-state index < -0.39 is 41.7 Å². The number of urea groups is 1. The second kappa shape index (κ2) is 18.9. The van der Waals surface area contributed by atoms with Crippen LogP contribution in [0.15, 0.2) is 54.8 Å². The molecule has 0 spiro atoms. The first kappa shape index (κ1) is 40.4. The van der Waals surface area contributed by atoms with Crippen molar-refractivity contribution < 1.29 is 28.7 Å². The molecule has 3 fully saturated rings. The van der Waals surface area contributed by atoms with E-state index in [1.165, 1.54) is 14.2 Å². The molecule has 4 rings (SSSR count). The summed E-state index contributed by atoms with van der Waals surface area (Å²) in [5.41, 5.74) is 0.600. The SMILES string of the molecule is C=C(C(=O)NCC(=O)NC(C(=O)NC)c1ccccc1)C(CC1CCC1)NC(=C)C1CCCN1C(=O)C(NC(=O)NC(C)(C)OC)C1CCCCC1. The minimum atomic E-state index is -0.910. The van der Waals surface area contributed by atoms with Crippen LogP contribution in [0.25, 0.3) is 0 Å². The molecule has 52 heavy (non-hydrogen) atoms. The lowest BCUT2D eigenvalue weighted by atomic mass is 9.79. The molecule has 1 heterocycles. The number of likely N-dealkylation sites (tertiary alicyclic amines) is 1. The van der Waals surface area contributed by atoms with Crippen LogP contribution in [0.5, 0.6) is 0 Å². The van der Waals surface area contributed by atoms with E-state index in [0.29, 0.717) is 36.6 Å². The monoisotopic (exact) mass is 721 g/mol. The summed E-state index contributed by atoms with van der Waals surface area (Å²) < 4.78 is 5.37. The zero-order valence-electron chi connectivity index (χ0n) is 31.4. The van der Waals surface area contributed by atoms with E-state index in [9.17, 15) is 24.0 Å². The zero-order chi connectivity index (χ0) is 37.8. The third-order valence-corrected chi connectivity index (χ3v) is 10.8. The molecule has 2 aliphatic carbocycles. The molecule has 3 aliphatic rings. The van der Waals surface area contributed by atoms with Gasteiger partial charge >= 0.3 is 6.03 Å².